The second kappa shape index (κ2) is 10.3. The molecule has 0 aliphatic carbocycles. The van der Waals surface area contributed by atoms with Crippen molar-refractivity contribution in [2.75, 3.05) is 20.3 Å². The van der Waals surface area contributed by atoms with Crippen LogP contribution < -0.4 is 5.32 Å². The van der Waals surface area contributed by atoms with Crippen LogP contribution in [-0.2, 0) is 20.9 Å². The lowest BCUT2D eigenvalue weighted by molar-refractivity contribution is -0.143. The Kier molecular flexibility index (Phi) is 8.79. The number of nitrogens with zero attached hydrogens (tertiary/aromatic N) is 1. The van der Waals surface area contributed by atoms with E-state index in [-0.39, 0.29) is 17.7 Å². The fourth-order valence-corrected chi connectivity index (χ4v) is 2.37. The monoisotopic (exact) mass is 354 g/mol. The molecule has 1 atom stereocenters. The zero-order chi connectivity index (χ0) is 18.1. The molecule has 0 bridgehead atoms. The minimum absolute atomic E-state index is 0.0514. The molecule has 0 spiro atoms. The number of nitrogens with one attached hydrogen (secondary N) is 1. The molecular weight excluding hydrogens is 328 g/mol. The van der Waals surface area contributed by atoms with E-state index < -0.39 is 6.04 Å². The Hall–Kier alpha value is -1.59. The molecule has 0 radical (unpaired) electrons. The molecule has 0 heterocycles. The van der Waals surface area contributed by atoms with Crippen LogP contribution in [0.5, 0.6) is 0 Å². The Morgan fingerprint density at radius 3 is 2.38 bits per heavy atom. The summed E-state index contributed by atoms with van der Waals surface area (Å²) in [5.41, 5.74) is 0.937. The fourth-order valence-electron chi connectivity index (χ4n) is 2.24. The summed E-state index contributed by atoms with van der Waals surface area (Å²) in [5.74, 6) is -0.389. The van der Waals surface area contributed by atoms with Crippen LogP contribution in [0, 0.1) is 5.92 Å². The third kappa shape index (κ3) is 6.49. The standard InChI is InChI=1S/C18H27ClN2O3/c1-13(2)18(23)21(12-15-6-8-16(19)9-7-15)14(3)17(22)20-10-5-11-24-4/h6-9,13-14H,5,10-12H2,1-4H3,(H,20,22)/t14-/m1/s1. The van der Waals surface area contributed by atoms with Crippen molar-refractivity contribution >= 4 is 23.4 Å². The Morgan fingerprint density at radius 1 is 1.21 bits per heavy atom. The number of ether oxygens (including phenoxy) is 1. The van der Waals surface area contributed by atoms with Crippen LogP contribution in [0.4, 0.5) is 0 Å². The van der Waals surface area contributed by atoms with Gasteiger partial charge in [-0.1, -0.05) is 37.6 Å². The summed E-state index contributed by atoms with van der Waals surface area (Å²) in [4.78, 5) is 26.5. The first-order valence-electron chi connectivity index (χ1n) is 8.18. The molecule has 134 valence electrons. The van der Waals surface area contributed by atoms with Crippen molar-refractivity contribution in [3.8, 4) is 0 Å². The summed E-state index contributed by atoms with van der Waals surface area (Å²) in [6, 6.07) is 6.76. The van der Waals surface area contributed by atoms with Gasteiger partial charge in [0.1, 0.15) is 6.04 Å². The molecule has 0 saturated carbocycles. The molecule has 0 fully saturated rings. The first-order valence-corrected chi connectivity index (χ1v) is 8.56. The van der Waals surface area contributed by atoms with E-state index in [0.29, 0.717) is 24.7 Å². The molecule has 0 saturated heterocycles. The molecule has 5 nitrogen and oxygen atoms in total. The van der Waals surface area contributed by atoms with Gasteiger partial charge in [0.15, 0.2) is 0 Å². The third-order valence-electron chi connectivity index (χ3n) is 3.71. The number of amides is 2. The topological polar surface area (TPSA) is 58.6 Å². The number of hydrogen-bond acceptors (Lipinski definition) is 3. The van der Waals surface area contributed by atoms with E-state index in [1.54, 1.807) is 31.1 Å². The highest BCUT2D eigenvalue weighted by atomic mass is 35.5. The minimum atomic E-state index is -0.543. The number of benzene rings is 1. The number of rotatable bonds is 9. The van der Waals surface area contributed by atoms with Gasteiger partial charge in [0.2, 0.25) is 11.8 Å². The normalized spacial score (nSPS) is 12.1. The average molecular weight is 355 g/mol. The number of halogens is 1. The zero-order valence-electron chi connectivity index (χ0n) is 14.8. The molecule has 0 unspecified atom stereocenters. The van der Waals surface area contributed by atoms with Crippen LogP contribution in [0.2, 0.25) is 5.02 Å². The number of carbonyl (C=O) groups is 2. The van der Waals surface area contributed by atoms with Gasteiger partial charge in [0.05, 0.1) is 0 Å². The zero-order valence-corrected chi connectivity index (χ0v) is 15.6. The highest BCUT2D eigenvalue weighted by Crippen LogP contribution is 2.15. The van der Waals surface area contributed by atoms with Crippen LogP contribution >= 0.6 is 11.6 Å². The molecule has 1 N–H and O–H groups in total. The van der Waals surface area contributed by atoms with E-state index in [1.165, 1.54) is 0 Å². The molecule has 1 rings (SSSR count). The predicted molar refractivity (Wildman–Crippen MR) is 95.8 cm³/mol. The molecule has 6 heteroatoms. The smallest absolute Gasteiger partial charge is 0.242 e. The molecule has 0 aromatic heterocycles. The van der Waals surface area contributed by atoms with E-state index in [1.807, 2.05) is 26.0 Å². The average Bonchev–Trinajstić information content (AvgIpc) is 2.56. The number of hydrogen-bond donors (Lipinski definition) is 1. The van der Waals surface area contributed by atoms with Gasteiger partial charge >= 0.3 is 0 Å². The van der Waals surface area contributed by atoms with Crippen LogP contribution in [0.1, 0.15) is 32.8 Å². The van der Waals surface area contributed by atoms with Crippen molar-refractivity contribution in [1.82, 2.24) is 10.2 Å². The molecular formula is C18H27ClN2O3. The van der Waals surface area contributed by atoms with Gasteiger partial charge in [0.25, 0.3) is 0 Å². The first-order chi connectivity index (χ1) is 11.4. The Morgan fingerprint density at radius 2 is 1.83 bits per heavy atom. The summed E-state index contributed by atoms with van der Waals surface area (Å²) < 4.78 is 4.96. The lowest BCUT2D eigenvalue weighted by Crippen LogP contribution is -2.49. The fraction of sp³-hybridized carbons (Fsp3) is 0.556. The van der Waals surface area contributed by atoms with Crippen molar-refractivity contribution in [3.63, 3.8) is 0 Å². The van der Waals surface area contributed by atoms with Gasteiger partial charge in [-0.25, -0.2) is 0 Å². The Labute approximate surface area is 149 Å². The summed E-state index contributed by atoms with van der Waals surface area (Å²) in [6.07, 6.45) is 0.740. The number of methoxy groups -OCH3 is 1. The summed E-state index contributed by atoms with van der Waals surface area (Å²) >= 11 is 5.90. The molecule has 0 aliphatic rings. The van der Waals surface area contributed by atoms with Gasteiger partial charge in [-0.3, -0.25) is 9.59 Å². The Bertz CT molecular complexity index is 532. The minimum Gasteiger partial charge on any atom is -0.385 e. The highest BCUT2D eigenvalue weighted by molar-refractivity contribution is 6.30. The lowest BCUT2D eigenvalue weighted by Gasteiger charge is -2.30. The molecule has 24 heavy (non-hydrogen) atoms. The second-order valence-electron chi connectivity index (χ2n) is 6.06. The molecule has 2 amide bonds. The third-order valence-corrected chi connectivity index (χ3v) is 3.97. The van der Waals surface area contributed by atoms with Crippen LogP contribution in [0.15, 0.2) is 24.3 Å². The maximum atomic E-state index is 12.5. The maximum absolute atomic E-state index is 12.5. The van der Waals surface area contributed by atoms with Gasteiger partial charge < -0.3 is 15.0 Å². The van der Waals surface area contributed by atoms with Crippen molar-refractivity contribution in [3.05, 3.63) is 34.9 Å². The van der Waals surface area contributed by atoms with Crippen LogP contribution in [0.3, 0.4) is 0 Å². The Balaban J connectivity index is 2.78. The van der Waals surface area contributed by atoms with Gasteiger partial charge in [-0.2, -0.15) is 0 Å². The summed E-state index contributed by atoms with van der Waals surface area (Å²) in [5, 5.41) is 3.50. The first kappa shape index (κ1) is 20.5. The van der Waals surface area contributed by atoms with Gasteiger partial charge in [0, 0.05) is 37.7 Å². The van der Waals surface area contributed by atoms with Crippen molar-refractivity contribution in [1.29, 1.82) is 0 Å². The van der Waals surface area contributed by atoms with Gasteiger partial charge in [-0.05, 0) is 31.0 Å². The number of carbonyl (C=O) groups excluding carboxylic acids is 2. The summed E-state index contributed by atoms with van der Waals surface area (Å²) in [6.45, 7) is 6.92. The van der Waals surface area contributed by atoms with Crippen molar-refractivity contribution in [2.24, 2.45) is 5.92 Å². The van der Waals surface area contributed by atoms with Crippen molar-refractivity contribution < 1.29 is 14.3 Å². The molecule has 1 aromatic carbocycles. The van der Waals surface area contributed by atoms with Gasteiger partial charge in [-0.15, -0.1) is 0 Å². The van der Waals surface area contributed by atoms with E-state index in [4.69, 9.17) is 16.3 Å². The van der Waals surface area contributed by atoms with E-state index in [2.05, 4.69) is 5.32 Å². The van der Waals surface area contributed by atoms with E-state index in [9.17, 15) is 9.59 Å². The molecule has 0 aliphatic heterocycles. The van der Waals surface area contributed by atoms with E-state index in [0.717, 1.165) is 12.0 Å². The van der Waals surface area contributed by atoms with Crippen LogP contribution in [0.25, 0.3) is 0 Å². The lowest BCUT2D eigenvalue weighted by atomic mass is 10.1. The largest absolute Gasteiger partial charge is 0.385 e. The predicted octanol–water partition coefficient (Wildman–Crippen LogP) is 2.87. The van der Waals surface area contributed by atoms with Crippen LogP contribution in [-0.4, -0.2) is 43.0 Å². The van der Waals surface area contributed by atoms with E-state index >= 15 is 0 Å². The van der Waals surface area contributed by atoms with Crippen molar-refractivity contribution in [2.45, 2.75) is 39.8 Å². The highest BCUT2D eigenvalue weighted by Gasteiger charge is 2.27. The maximum Gasteiger partial charge on any atom is 0.242 e. The second-order valence-corrected chi connectivity index (χ2v) is 6.50. The quantitative estimate of drug-likeness (QED) is 0.694. The molecule has 1 aromatic rings. The SMILES string of the molecule is COCCCNC(=O)[C@@H](C)N(Cc1ccc(Cl)cc1)C(=O)C(C)C. The summed E-state index contributed by atoms with van der Waals surface area (Å²) in [7, 11) is 1.62.